The zero-order valence-electron chi connectivity index (χ0n) is 15.3. The lowest BCUT2D eigenvalue weighted by Gasteiger charge is -2.11. The highest BCUT2D eigenvalue weighted by molar-refractivity contribution is 6.35. The second kappa shape index (κ2) is 8.96. The van der Waals surface area contributed by atoms with Crippen LogP contribution in [-0.2, 0) is 9.47 Å². The molecule has 0 saturated carbocycles. The van der Waals surface area contributed by atoms with Gasteiger partial charge in [-0.15, -0.1) is 0 Å². The minimum atomic E-state index is -1.04. The van der Waals surface area contributed by atoms with Crippen LogP contribution in [0.1, 0.15) is 31.1 Å². The fourth-order valence-corrected chi connectivity index (χ4v) is 2.61. The van der Waals surface area contributed by atoms with E-state index in [1.165, 1.54) is 12.1 Å². The molecule has 0 spiro atoms. The Kier molecular flexibility index (Phi) is 6.64. The summed E-state index contributed by atoms with van der Waals surface area (Å²) in [5.74, 6) is -2.65. The van der Waals surface area contributed by atoms with Gasteiger partial charge < -0.3 is 14.8 Å². The predicted octanol–water partition coefficient (Wildman–Crippen LogP) is 2.98. The van der Waals surface area contributed by atoms with Gasteiger partial charge in [-0.1, -0.05) is 11.6 Å². The van der Waals surface area contributed by atoms with Gasteiger partial charge in [-0.3, -0.25) is 25.0 Å². The first-order valence-electron chi connectivity index (χ1n) is 7.85. The second-order valence-corrected chi connectivity index (χ2v) is 5.92. The molecule has 0 aromatic heterocycles. The van der Waals surface area contributed by atoms with Gasteiger partial charge in [0.15, 0.2) is 5.02 Å². The van der Waals surface area contributed by atoms with Crippen molar-refractivity contribution in [1.82, 2.24) is 0 Å². The average molecular weight is 438 g/mol. The van der Waals surface area contributed by atoms with Crippen LogP contribution in [0.3, 0.4) is 0 Å². The van der Waals surface area contributed by atoms with Crippen LogP contribution in [-0.4, -0.2) is 41.9 Å². The van der Waals surface area contributed by atoms with Gasteiger partial charge in [-0.25, -0.2) is 9.59 Å². The van der Waals surface area contributed by atoms with Crippen LogP contribution in [0.5, 0.6) is 0 Å². The van der Waals surface area contributed by atoms with Crippen LogP contribution in [0.2, 0.25) is 5.02 Å². The molecule has 0 radical (unpaired) electrons. The summed E-state index contributed by atoms with van der Waals surface area (Å²) < 4.78 is 9.18. The molecule has 0 bridgehead atoms. The number of nitro groups is 2. The second-order valence-electron chi connectivity index (χ2n) is 5.54. The predicted molar refractivity (Wildman–Crippen MR) is 102 cm³/mol. The van der Waals surface area contributed by atoms with Gasteiger partial charge in [-0.05, 0) is 18.2 Å². The molecule has 1 amide bonds. The molecule has 156 valence electrons. The standard InChI is InChI=1S/C17H12ClN3O9/c1-29-16(23)8-3-4-10(17(24)30-2)11(5-8)19-15(22)9-6-12(20(25)26)14(18)13(7-9)21(27)28/h3-7H,1-2H3,(H,19,22). The van der Waals surface area contributed by atoms with Crippen LogP contribution in [0.4, 0.5) is 17.1 Å². The summed E-state index contributed by atoms with van der Waals surface area (Å²) in [6.07, 6.45) is 0. The first-order valence-corrected chi connectivity index (χ1v) is 8.22. The largest absolute Gasteiger partial charge is 0.465 e. The van der Waals surface area contributed by atoms with Gasteiger partial charge in [0.05, 0.1) is 46.4 Å². The fourth-order valence-electron chi connectivity index (χ4n) is 2.37. The third kappa shape index (κ3) is 4.50. The van der Waals surface area contributed by atoms with Gasteiger partial charge in [0.2, 0.25) is 0 Å². The van der Waals surface area contributed by atoms with Crippen LogP contribution in [0.25, 0.3) is 0 Å². The quantitative estimate of drug-likeness (QED) is 0.405. The first kappa shape index (κ1) is 22.2. The highest BCUT2D eigenvalue weighted by atomic mass is 35.5. The summed E-state index contributed by atoms with van der Waals surface area (Å²) in [5.41, 5.74) is -2.53. The molecule has 2 aromatic carbocycles. The van der Waals surface area contributed by atoms with Crippen molar-refractivity contribution in [2.24, 2.45) is 0 Å². The van der Waals surface area contributed by atoms with E-state index in [9.17, 15) is 34.6 Å². The SMILES string of the molecule is COC(=O)c1ccc(C(=O)OC)c(NC(=O)c2cc([N+](=O)[O-])c(Cl)c([N+](=O)[O-])c2)c1. The molecule has 13 heteroatoms. The van der Waals surface area contributed by atoms with Crippen molar-refractivity contribution in [2.45, 2.75) is 0 Å². The summed E-state index contributed by atoms with van der Waals surface area (Å²) in [6.45, 7) is 0. The van der Waals surface area contributed by atoms with E-state index in [1.54, 1.807) is 0 Å². The van der Waals surface area contributed by atoms with E-state index in [4.69, 9.17) is 11.6 Å². The summed E-state index contributed by atoms with van der Waals surface area (Å²) in [4.78, 5) is 56.6. The molecule has 0 fully saturated rings. The maximum atomic E-state index is 12.6. The van der Waals surface area contributed by atoms with E-state index in [0.29, 0.717) is 0 Å². The van der Waals surface area contributed by atoms with E-state index in [-0.39, 0.29) is 16.8 Å². The molecule has 1 N–H and O–H groups in total. The Hall–Kier alpha value is -4.06. The minimum absolute atomic E-state index is 0.0199. The van der Waals surface area contributed by atoms with E-state index >= 15 is 0 Å². The normalized spacial score (nSPS) is 10.1. The Morgan fingerprint density at radius 3 is 1.90 bits per heavy atom. The van der Waals surface area contributed by atoms with E-state index in [0.717, 1.165) is 32.4 Å². The third-order valence-corrected chi connectivity index (χ3v) is 4.17. The van der Waals surface area contributed by atoms with E-state index < -0.39 is 49.7 Å². The molecule has 0 aliphatic carbocycles. The Morgan fingerprint density at radius 1 is 0.900 bits per heavy atom. The monoisotopic (exact) mass is 437 g/mol. The highest BCUT2D eigenvalue weighted by Gasteiger charge is 2.28. The van der Waals surface area contributed by atoms with E-state index in [2.05, 4.69) is 14.8 Å². The minimum Gasteiger partial charge on any atom is -0.465 e. The number of rotatable bonds is 6. The van der Waals surface area contributed by atoms with Crippen LogP contribution in [0.15, 0.2) is 30.3 Å². The Labute approximate surface area is 172 Å². The van der Waals surface area contributed by atoms with Crippen molar-refractivity contribution in [3.8, 4) is 0 Å². The maximum Gasteiger partial charge on any atom is 0.339 e. The number of carbonyl (C=O) groups is 3. The molecule has 2 rings (SSSR count). The molecule has 0 aliphatic rings. The Balaban J connectivity index is 2.56. The molecule has 0 atom stereocenters. The van der Waals surface area contributed by atoms with Crippen molar-refractivity contribution < 1.29 is 33.7 Å². The third-order valence-electron chi connectivity index (χ3n) is 3.78. The van der Waals surface area contributed by atoms with Gasteiger partial charge in [0.25, 0.3) is 17.3 Å². The number of nitrogens with zero attached hydrogens (tertiary/aromatic N) is 2. The number of nitrogens with one attached hydrogen (secondary N) is 1. The molecule has 0 heterocycles. The van der Waals surface area contributed by atoms with Crippen LogP contribution < -0.4 is 5.32 Å². The number of ether oxygens (including phenoxy) is 2. The zero-order valence-corrected chi connectivity index (χ0v) is 16.1. The average Bonchev–Trinajstić information content (AvgIpc) is 2.72. The van der Waals surface area contributed by atoms with Crippen molar-refractivity contribution in [2.75, 3.05) is 19.5 Å². The number of esters is 2. The number of amides is 1. The van der Waals surface area contributed by atoms with Crippen molar-refractivity contribution in [3.63, 3.8) is 0 Å². The fraction of sp³-hybridized carbons (Fsp3) is 0.118. The Bertz CT molecular complexity index is 1050. The van der Waals surface area contributed by atoms with Gasteiger partial charge in [-0.2, -0.15) is 0 Å². The van der Waals surface area contributed by atoms with Crippen LogP contribution in [0, 0.1) is 20.2 Å². The topological polar surface area (TPSA) is 168 Å². The van der Waals surface area contributed by atoms with Gasteiger partial charge in [0.1, 0.15) is 0 Å². The summed E-state index contributed by atoms with van der Waals surface area (Å²) in [5, 5.41) is 23.8. The molecule has 12 nitrogen and oxygen atoms in total. The number of anilines is 1. The Morgan fingerprint density at radius 2 is 1.43 bits per heavy atom. The van der Waals surface area contributed by atoms with Gasteiger partial charge >= 0.3 is 11.9 Å². The molecule has 0 saturated heterocycles. The number of methoxy groups -OCH3 is 2. The zero-order chi connectivity index (χ0) is 22.6. The van der Waals surface area contributed by atoms with Crippen LogP contribution >= 0.6 is 11.6 Å². The van der Waals surface area contributed by atoms with Crippen molar-refractivity contribution in [1.29, 1.82) is 0 Å². The molecular weight excluding hydrogens is 426 g/mol. The molecule has 0 aliphatic heterocycles. The highest BCUT2D eigenvalue weighted by Crippen LogP contribution is 2.35. The number of carbonyl (C=O) groups excluding carboxylic acids is 3. The summed E-state index contributed by atoms with van der Waals surface area (Å²) >= 11 is 5.67. The van der Waals surface area contributed by atoms with Gasteiger partial charge in [0, 0.05) is 12.1 Å². The lowest BCUT2D eigenvalue weighted by atomic mass is 10.1. The molecule has 0 unspecified atom stereocenters. The number of hydrogen-bond acceptors (Lipinski definition) is 9. The summed E-state index contributed by atoms with van der Waals surface area (Å²) in [7, 11) is 2.22. The number of hydrogen-bond donors (Lipinski definition) is 1. The van der Waals surface area contributed by atoms with Crippen molar-refractivity contribution in [3.05, 3.63) is 72.3 Å². The number of halogens is 1. The lowest BCUT2D eigenvalue weighted by Crippen LogP contribution is -2.17. The molecular formula is C17H12ClN3O9. The van der Waals surface area contributed by atoms with Crippen molar-refractivity contribution >= 4 is 46.5 Å². The van der Waals surface area contributed by atoms with E-state index in [1.807, 2.05) is 0 Å². The maximum absolute atomic E-state index is 12.6. The molecule has 2 aromatic rings. The smallest absolute Gasteiger partial charge is 0.339 e. The molecule has 30 heavy (non-hydrogen) atoms. The number of benzene rings is 2. The lowest BCUT2D eigenvalue weighted by molar-refractivity contribution is -0.393. The summed E-state index contributed by atoms with van der Waals surface area (Å²) in [6, 6.07) is 5.06. The first-order chi connectivity index (χ1) is 14.1. The number of nitro benzene ring substituents is 2.